The van der Waals surface area contributed by atoms with Crippen LogP contribution in [0.3, 0.4) is 0 Å². The van der Waals surface area contributed by atoms with Crippen molar-refractivity contribution in [3.63, 3.8) is 0 Å². The highest BCUT2D eigenvalue weighted by Crippen LogP contribution is 2.34. The van der Waals surface area contributed by atoms with Crippen molar-refractivity contribution >= 4 is 27.6 Å². The number of ether oxygens (including phenoxy) is 1. The predicted octanol–water partition coefficient (Wildman–Crippen LogP) is 3.68. The molecule has 2 aromatic carbocycles. The van der Waals surface area contributed by atoms with Gasteiger partial charge in [0.25, 0.3) is 5.69 Å². The Morgan fingerprint density at radius 1 is 1.27 bits per heavy atom. The summed E-state index contributed by atoms with van der Waals surface area (Å²) in [4.78, 5) is 22.2. The van der Waals surface area contributed by atoms with Crippen molar-refractivity contribution in [3.05, 3.63) is 62.1 Å². The van der Waals surface area contributed by atoms with Crippen molar-refractivity contribution in [1.29, 1.82) is 5.26 Å². The third kappa shape index (κ3) is 2.97. The first-order chi connectivity index (χ1) is 10.5. The van der Waals surface area contributed by atoms with E-state index in [4.69, 9.17) is 0 Å². The number of halogens is 1. The van der Waals surface area contributed by atoms with Gasteiger partial charge in [-0.3, -0.25) is 10.1 Å². The Kier molecular flexibility index (Phi) is 4.53. The molecule has 0 saturated carbocycles. The average molecular weight is 361 g/mol. The standard InChI is InChI=1S/C15H9BrN2O4/c1-22-15(19)9-2-4-13(14(7-9)18(20)21)12-5-3-11(16)6-10(12)8-17/h2-7H,1H3. The minimum atomic E-state index is -0.661. The molecule has 0 aliphatic heterocycles. The number of carbonyl (C=O) groups is 1. The summed E-state index contributed by atoms with van der Waals surface area (Å²) < 4.78 is 5.25. The highest BCUT2D eigenvalue weighted by molar-refractivity contribution is 9.10. The smallest absolute Gasteiger partial charge is 0.338 e. The van der Waals surface area contributed by atoms with E-state index in [0.717, 1.165) is 6.07 Å². The summed E-state index contributed by atoms with van der Waals surface area (Å²) in [6.45, 7) is 0. The molecule has 22 heavy (non-hydrogen) atoms. The molecule has 0 radical (unpaired) electrons. The number of nitro benzene ring substituents is 1. The van der Waals surface area contributed by atoms with E-state index in [2.05, 4.69) is 20.7 Å². The highest BCUT2D eigenvalue weighted by Gasteiger charge is 2.21. The first-order valence-corrected chi connectivity index (χ1v) is 6.84. The minimum Gasteiger partial charge on any atom is -0.465 e. The molecule has 0 saturated heterocycles. The Bertz CT molecular complexity index is 812. The summed E-state index contributed by atoms with van der Waals surface area (Å²) in [6.07, 6.45) is 0. The number of hydrogen-bond donors (Lipinski definition) is 0. The summed E-state index contributed by atoms with van der Waals surface area (Å²) in [5, 5.41) is 20.5. The number of esters is 1. The number of hydrogen-bond acceptors (Lipinski definition) is 5. The molecule has 0 unspecified atom stereocenters. The van der Waals surface area contributed by atoms with Gasteiger partial charge < -0.3 is 4.74 Å². The first kappa shape index (κ1) is 15.7. The van der Waals surface area contributed by atoms with Crippen molar-refractivity contribution in [2.45, 2.75) is 0 Å². The Morgan fingerprint density at radius 3 is 2.55 bits per heavy atom. The van der Waals surface area contributed by atoms with Crippen LogP contribution in [0, 0.1) is 21.4 Å². The summed E-state index contributed by atoms with van der Waals surface area (Å²) in [5.41, 5.74) is 0.800. The van der Waals surface area contributed by atoms with Crippen LogP contribution in [0.25, 0.3) is 11.1 Å². The van der Waals surface area contributed by atoms with E-state index in [-0.39, 0.29) is 16.8 Å². The summed E-state index contributed by atoms with van der Waals surface area (Å²) >= 11 is 3.25. The zero-order valence-corrected chi connectivity index (χ0v) is 13.0. The summed E-state index contributed by atoms with van der Waals surface area (Å²) in [6, 6.07) is 10.9. The lowest BCUT2D eigenvalue weighted by atomic mass is 9.97. The molecule has 0 bridgehead atoms. The topological polar surface area (TPSA) is 93.2 Å². The van der Waals surface area contributed by atoms with Crippen molar-refractivity contribution in [1.82, 2.24) is 0 Å². The molecule has 0 aromatic heterocycles. The van der Waals surface area contributed by atoms with Gasteiger partial charge in [-0.25, -0.2) is 4.79 Å². The van der Waals surface area contributed by atoms with Crippen LogP contribution in [-0.4, -0.2) is 18.0 Å². The van der Waals surface area contributed by atoms with Crippen LogP contribution in [0.1, 0.15) is 15.9 Å². The van der Waals surface area contributed by atoms with Gasteiger partial charge in [0, 0.05) is 16.1 Å². The second-order valence-electron chi connectivity index (χ2n) is 4.28. The molecule has 0 spiro atoms. The highest BCUT2D eigenvalue weighted by atomic mass is 79.9. The molecular weight excluding hydrogens is 352 g/mol. The number of nitrogens with zero attached hydrogens (tertiary/aromatic N) is 2. The van der Waals surface area contributed by atoms with Crippen LogP contribution >= 0.6 is 15.9 Å². The zero-order chi connectivity index (χ0) is 16.3. The van der Waals surface area contributed by atoms with Crippen molar-refractivity contribution in [3.8, 4) is 17.2 Å². The van der Waals surface area contributed by atoms with Gasteiger partial charge in [0.1, 0.15) is 0 Å². The third-order valence-electron chi connectivity index (χ3n) is 3.01. The largest absolute Gasteiger partial charge is 0.465 e. The maximum atomic E-state index is 11.5. The monoisotopic (exact) mass is 360 g/mol. The van der Waals surface area contributed by atoms with E-state index < -0.39 is 10.9 Å². The average Bonchev–Trinajstić information content (AvgIpc) is 2.53. The molecule has 0 fully saturated rings. The zero-order valence-electron chi connectivity index (χ0n) is 11.4. The molecule has 0 heterocycles. The lowest BCUT2D eigenvalue weighted by molar-refractivity contribution is -0.384. The van der Waals surface area contributed by atoms with Gasteiger partial charge in [-0.2, -0.15) is 5.26 Å². The molecule has 2 rings (SSSR count). The Morgan fingerprint density at radius 2 is 1.95 bits per heavy atom. The minimum absolute atomic E-state index is 0.0774. The molecule has 0 N–H and O–H groups in total. The predicted molar refractivity (Wildman–Crippen MR) is 82.3 cm³/mol. The third-order valence-corrected chi connectivity index (χ3v) is 3.50. The van der Waals surface area contributed by atoms with Crippen LogP contribution in [0.4, 0.5) is 5.69 Å². The number of carbonyl (C=O) groups excluding carboxylic acids is 1. The second-order valence-corrected chi connectivity index (χ2v) is 5.20. The Labute approximate surface area is 134 Å². The van der Waals surface area contributed by atoms with Gasteiger partial charge >= 0.3 is 5.97 Å². The summed E-state index contributed by atoms with van der Waals surface area (Å²) in [7, 11) is 1.20. The van der Waals surface area contributed by atoms with Gasteiger partial charge in [0.05, 0.1) is 34.8 Å². The maximum Gasteiger partial charge on any atom is 0.338 e. The second kappa shape index (κ2) is 6.37. The molecule has 0 aliphatic carbocycles. The number of rotatable bonds is 3. The Balaban J connectivity index is 2.69. The number of benzene rings is 2. The molecular formula is C15H9BrN2O4. The molecule has 110 valence electrons. The van der Waals surface area contributed by atoms with Crippen LogP contribution in [0.15, 0.2) is 40.9 Å². The van der Waals surface area contributed by atoms with Gasteiger partial charge in [0.15, 0.2) is 0 Å². The van der Waals surface area contributed by atoms with Crippen molar-refractivity contribution in [2.75, 3.05) is 7.11 Å². The lowest BCUT2D eigenvalue weighted by Crippen LogP contribution is -2.03. The molecule has 6 nitrogen and oxygen atoms in total. The van der Waals surface area contributed by atoms with Gasteiger partial charge in [-0.05, 0) is 24.3 Å². The first-order valence-electron chi connectivity index (χ1n) is 6.04. The quantitative estimate of drug-likeness (QED) is 0.472. The fourth-order valence-electron chi connectivity index (χ4n) is 2.00. The lowest BCUT2D eigenvalue weighted by Gasteiger charge is -2.07. The van der Waals surface area contributed by atoms with Crippen LogP contribution in [0.2, 0.25) is 0 Å². The van der Waals surface area contributed by atoms with E-state index in [1.165, 1.54) is 19.2 Å². The molecule has 7 heteroatoms. The van der Waals surface area contributed by atoms with E-state index in [0.29, 0.717) is 15.6 Å². The van der Waals surface area contributed by atoms with Crippen LogP contribution < -0.4 is 0 Å². The molecule has 2 aromatic rings. The maximum absolute atomic E-state index is 11.5. The van der Waals surface area contributed by atoms with Gasteiger partial charge in [-0.1, -0.05) is 22.0 Å². The fourth-order valence-corrected chi connectivity index (χ4v) is 2.36. The fraction of sp³-hybridized carbons (Fsp3) is 0.0667. The van der Waals surface area contributed by atoms with E-state index in [9.17, 15) is 20.2 Å². The number of nitro groups is 1. The van der Waals surface area contributed by atoms with Crippen LogP contribution in [-0.2, 0) is 4.74 Å². The molecule has 0 aliphatic rings. The SMILES string of the molecule is COC(=O)c1ccc(-c2ccc(Br)cc2C#N)c([N+](=O)[O-])c1. The summed E-state index contributed by atoms with van der Waals surface area (Å²) in [5.74, 6) is -0.661. The number of nitriles is 1. The molecule has 0 atom stereocenters. The number of methoxy groups -OCH3 is 1. The van der Waals surface area contributed by atoms with E-state index in [1.54, 1.807) is 18.2 Å². The Hall–Kier alpha value is -2.72. The van der Waals surface area contributed by atoms with E-state index in [1.807, 2.05) is 6.07 Å². The van der Waals surface area contributed by atoms with Crippen LogP contribution in [0.5, 0.6) is 0 Å². The van der Waals surface area contributed by atoms with Crippen molar-refractivity contribution < 1.29 is 14.5 Å². The molecule has 0 amide bonds. The van der Waals surface area contributed by atoms with Crippen molar-refractivity contribution in [2.24, 2.45) is 0 Å². The van der Waals surface area contributed by atoms with E-state index >= 15 is 0 Å². The normalized spacial score (nSPS) is 9.86. The van der Waals surface area contributed by atoms with Gasteiger partial charge in [0.2, 0.25) is 0 Å². The van der Waals surface area contributed by atoms with Gasteiger partial charge in [-0.15, -0.1) is 0 Å².